The first-order chi connectivity index (χ1) is 14.4. The first kappa shape index (κ1) is 20.1. The summed E-state index contributed by atoms with van der Waals surface area (Å²) in [5.74, 6) is 1.63. The van der Waals surface area contributed by atoms with Crippen molar-refractivity contribution in [2.45, 2.75) is 125 Å². The van der Waals surface area contributed by atoms with Gasteiger partial charge in [-0.1, -0.05) is 41.5 Å². The molecule has 9 atom stereocenters. The Morgan fingerprint density at radius 2 is 1.29 bits per heavy atom. The van der Waals surface area contributed by atoms with Gasteiger partial charge in [-0.3, -0.25) is 4.79 Å². The van der Waals surface area contributed by atoms with E-state index >= 15 is 0 Å². The summed E-state index contributed by atoms with van der Waals surface area (Å²) < 4.78 is 0. The maximum absolute atomic E-state index is 12.7. The van der Waals surface area contributed by atoms with E-state index in [1.807, 2.05) is 0 Å². The van der Waals surface area contributed by atoms with Gasteiger partial charge in [0.25, 0.3) is 0 Å². The number of ketones is 1. The number of fused-ring (bicyclic) bond motifs is 2. The molecule has 0 bridgehead atoms. The van der Waals surface area contributed by atoms with Gasteiger partial charge in [-0.05, 0) is 126 Å². The highest BCUT2D eigenvalue weighted by molar-refractivity contribution is 5.82. The van der Waals surface area contributed by atoms with E-state index < -0.39 is 0 Å². The van der Waals surface area contributed by atoms with Crippen LogP contribution in [0.1, 0.15) is 125 Å². The quantitative estimate of drug-likeness (QED) is 0.387. The zero-order valence-electron chi connectivity index (χ0n) is 21.3. The van der Waals surface area contributed by atoms with Crippen LogP contribution in [0, 0.1) is 55.2 Å². The maximum Gasteiger partial charge on any atom is 0.136 e. The lowest BCUT2D eigenvalue weighted by molar-refractivity contribution is -0.188. The summed E-state index contributed by atoms with van der Waals surface area (Å²) in [6.07, 6.45) is 18.4. The molecule has 0 amide bonds. The van der Waals surface area contributed by atoms with Gasteiger partial charge in [0.2, 0.25) is 0 Å². The average Bonchev–Trinajstić information content (AvgIpc) is 3.57. The molecule has 0 aromatic carbocycles. The van der Waals surface area contributed by atoms with Crippen LogP contribution in [0.4, 0.5) is 0 Å². The SMILES string of the molecule is C[C@H]1C(=O)CCC2[C@]1(C)CC[C@]13C[C@@]14CC[C@@]1(C)CCC(C)(C)C[C@]15C[C@]54CC[C@@]23C. The molecule has 7 aliphatic rings. The third-order valence-electron chi connectivity index (χ3n) is 15.1. The van der Waals surface area contributed by atoms with Gasteiger partial charge in [0, 0.05) is 12.3 Å². The normalized spacial score (nSPS) is 65.3. The first-order valence-electron chi connectivity index (χ1n) is 13.9. The Bertz CT molecular complexity index is 902. The van der Waals surface area contributed by atoms with E-state index in [4.69, 9.17) is 0 Å². The first-order valence-corrected chi connectivity index (χ1v) is 13.9. The van der Waals surface area contributed by atoms with Gasteiger partial charge in [-0.2, -0.15) is 0 Å². The second-order valence-corrected chi connectivity index (χ2v) is 15.8. The fourth-order valence-electron chi connectivity index (χ4n) is 13.2. The minimum Gasteiger partial charge on any atom is -0.299 e. The molecule has 0 aromatic rings. The van der Waals surface area contributed by atoms with Crippen molar-refractivity contribution in [1.29, 1.82) is 0 Å². The van der Waals surface area contributed by atoms with E-state index in [0.717, 1.165) is 12.3 Å². The molecular formula is C30H46O. The molecule has 0 aromatic heterocycles. The van der Waals surface area contributed by atoms with E-state index in [1.165, 1.54) is 57.8 Å². The van der Waals surface area contributed by atoms with E-state index in [9.17, 15) is 4.79 Å². The summed E-state index contributed by atoms with van der Waals surface area (Å²) >= 11 is 0. The summed E-state index contributed by atoms with van der Waals surface area (Å²) in [6, 6.07) is 0. The summed E-state index contributed by atoms with van der Waals surface area (Å²) in [7, 11) is 0. The van der Waals surface area contributed by atoms with Gasteiger partial charge in [-0.15, -0.1) is 0 Å². The summed E-state index contributed by atoms with van der Waals surface area (Å²) in [6.45, 7) is 15.4. The van der Waals surface area contributed by atoms with Crippen LogP contribution in [-0.4, -0.2) is 5.78 Å². The van der Waals surface area contributed by atoms with Crippen molar-refractivity contribution in [2.75, 3.05) is 0 Å². The zero-order valence-corrected chi connectivity index (χ0v) is 21.3. The molecule has 0 radical (unpaired) electrons. The van der Waals surface area contributed by atoms with Crippen LogP contribution in [0.2, 0.25) is 0 Å². The molecule has 0 saturated heterocycles. The minimum absolute atomic E-state index is 0.265. The molecule has 7 fully saturated rings. The van der Waals surface area contributed by atoms with Gasteiger partial charge in [0.1, 0.15) is 5.78 Å². The molecule has 0 N–H and O–H groups in total. The van der Waals surface area contributed by atoms with Crippen LogP contribution in [0.15, 0.2) is 0 Å². The minimum atomic E-state index is 0.265. The molecule has 31 heavy (non-hydrogen) atoms. The Labute approximate surface area is 190 Å². The predicted octanol–water partition coefficient (Wildman–Crippen LogP) is 7.97. The highest BCUT2D eigenvalue weighted by Crippen LogP contribution is 3.02. The van der Waals surface area contributed by atoms with Crippen LogP contribution >= 0.6 is 0 Å². The van der Waals surface area contributed by atoms with Crippen LogP contribution in [-0.2, 0) is 4.79 Å². The van der Waals surface area contributed by atoms with Gasteiger partial charge >= 0.3 is 0 Å². The fourth-order valence-corrected chi connectivity index (χ4v) is 13.2. The van der Waals surface area contributed by atoms with Crippen molar-refractivity contribution < 1.29 is 4.79 Å². The van der Waals surface area contributed by atoms with Gasteiger partial charge in [0.15, 0.2) is 0 Å². The van der Waals surface area contributed by atoms with Crippen molar-refractivity contribution in [3.05, 3.63) is 0 Å². The van der Waals surface area contributed by atoms with Gasteiger partial charge in [-0.25, -0.2) is 0 Å². The van der Waals surface area contributed by atoms with E-state index in [1.54, 1.807) is 19.3 Å². The number of carbonyl (C=O) groups excluding carboxylic acids is 1. The van der Waals surface area contributed by atoms with Crippen molar-refractivity contribution in [3.8, 4) is 0 Å². The topological polar surface area (TPSA) is 17.1 Å². The monoisotopic (exact) mass is 422 g/mol. The highest BCUT2D eigenvalue weighted by atomic mass is 16.1. The van der Waals surface area contributed by atoms with E-state index in [-0.39, 0.29) is 11.3 Å². The number of rotatable bonds is 0. The Morgan fingerprint density at radius 3 is 2.06 bits per heavy atom. The van der Waals surface area contributed by atoms with Crippen LogP contribution < -0.4 is 0 Å². The second-order valence-electron chi connectivity index (χ2n) is 15.8. The third kappa shape index (κ3) is 1.76. The van der Waals surface area contributed by atoms with E-state index in [2.05, 4.69) is 41.5 Å². The summed E-state index contributed by atoms with van der Waals surface area (Å²) in [4.78, 5) is 12.7. The second kappa shape index (κ2) is 5.02. The molecule has 7 rings (SSSR count). The molecular weight excluding hydrogens is 376 g/mol. The Balaban J connectivity index is 1.32. The maximum atomic E-state index is 12.7. The molecule has 4 spiro atoms. The number of hydrogen-bond acceptors (Lipinski definition) is 1. The lowest BCUT2D eigenvalue weighted by atomic mass is 9.37. The summed E-state index contributed by atoms with van der Waals surface area (Å²) in [5, 5.41) is 0. The summed E-state index contributed by atoms with van der Waals surface area (Å²) in [5.41, 5.74) is 4.58. The van der Waals surface area contributed by atoms with Crippen molar-refractivity contribution in [3.63, 3.8) is 0 Å². The lowest BCUT2D eigenvalue weighted by Gasteiger charge is -2.67. The highest BCUT2D eigenvalue weighted by Gasteiger charge is 2.95. The van der Waals surface area contributed by atoms with E-state index in [0.29, 0.717) is 43.7 Å². The Kier molecular flexibility index (Phi) is 3.25. The van der Waals surface area contributed by atoms with Crippen molar-refractivity contribution >= 4 is 5.78 Å². The molecule has 7 saturated carbocycles. The Morgan fingerprint density at radius 1 is 0.677 bits per heavy atom. The van der Waals surface area contributed by atoms with Crippen molar-refractivity contribution in [2.24, 2.45) is 55.2 Å². The Hall–Kier alpha value is -0.330. The molecule has 1 unspecified atom stereocenters. The molecule has 1 heteroatoms. The van der Waals surface area contributed by atoms with Gasteiger partial charge < -0.3 is 0 Å². The smallest absolute Gasteiger partial charge is 0.136 e. The third-order valence-corrected chi connectivity index (χ3v) is 15.1. The molecule has 0 heterocycles. The van der Waals surface area contributed by atoms with Crippen LogP contribution in [0.3, 0.4) is 0 Å². The zero-order chi connectivity index (χ0) is 21.9. The number of hydrogen-bond donors (Lipinski definition) is 0. The average molecular weight is 423 g/mol. The van der Waals surface area contributed by atoms with Crippen LogP contribution in [0.25, 0.3) is 0 Å². The lowest BCUT2D eigenvalue weighted by Crippen LogP contribution is -2.61. The standard InChI is InChI=1S/C30H46O/c1-20-21(31)7-8-22-25(20,5)12-15-27-18-28(27)14-11-24(4)10-9-23(2,3)17-30(24)19-29(28,30)16-13-26(22,27)6/h20,22H,7-19H2,1-6H3/t20-,22?,24+,25+,26-,27+,28-,29-,30-/m0/s1. The largest absolute Gasteiger partial charge is 0.299 e. The fraction of sp³-hybridized carbons (Fsp3) is 0.967. The molecule has 1 nitrogen and oxygen atoms in total. The van der Waals surface area contributed by atoms with Crippen molar-refractivity contribution in [1.82, 2.24) is 0 Å². The molecule has 0 aliphatic heterocycles. The number of Topliss-reactive ketones (excluding diaryl/α,β-unsaturated/α-hetero) is 1. The molecule has 172 valence electrons. The number of carbonyl (C=O) groups is 1. The van der Waals surface area contributed by atoms with Gasteiger partial charge in [0.05, 0.1) is 0 Å². The predicted molar refractivity (Wildman–Crippen MR) is 126 cm³/mol. The molecule has 7 aliphatic carbocycles. The van der Waals surface area contributed by atoms with Crippen LogP contribution in [0.5, 0.6) is 0 Å².